The third kappa shape index (κ3) is 3.25. The molecule has 0 aliphatic heterocycles. The van der Waals surface area contributed by atoms with Gasteiger partial charge in [0, 0.05) is 12.7 Å². The van der Waals surface area contributed by atoms with E-state index in [9.17, 15) is 0 Å². The fourth-order valence-corrected chi connectivity index (χ4v) is 1.83. The zero-order valence-electron chi connectivity index (χ0n) is 9.10. The Balaban J connectivity index is 2.05. The summed E-state index contributed by atoms with van der Waals surface area (Å²) in [7, 11) is 0. The molecule has 0 aliphatic carbocycles. The molecule has 2 rings (SSSR count). The molecule has 1 aromatic carbocycles. The number of halogens is 1. The Morgan fingerprint density at radius 1 is 1.29 bits per heavy atom. The Bertz CT molecular complexity index is 505. The highest BCUT2D eigenvalue weighted by molar-refractivity contribution is 9.10. The van der Waals surface area contributed by atoms with Gasteiger partial charge in [-0.25, -0.2) is 9.97 Å². The minimum atomic E-state index is 0.0606. The van der Waals surface area contributed by atoms with Crippen molar-refractivity contribution in [2.24, 2.45) is 0 Å². The van der Waals surface area contributed by atoms with Crippen LogP contribution in [0.3, 0.4) is 0 Å². The number of aliphatic hydroxyl groups excluding tert-OH is 1. The standard InChI is InChI=1S/C12H12BrN3O/c13-11-6-14-8-16-12(11)15-5-9-2-1-3-10(4-9)7-17/h1-4,6,8,17H,5,7H2,(H,14,15,16). The van der Waals surface area contributed by atoms with Gasteiger partial charge in [0.25, 0.3) is 0 Å². The molecule has 2 aromatic rings. The molecule has 0 fully saturated rings. The number of nitrogens with zero attached hydrogens (tertiary/aromatic N) is 2. The van der Waals surface area contributed by atoms with E-state index in [1.165, 1.54) is 6.33 Å². The van der Waals surface area contributed by atoms with Gasteiger partial charge in [-0.05, 0) is 27.1 Å². The second-order valence-electron chi connectivity index (χ2n) is 3.55. The predicted octanol–water partition coefficient (Wildman–Crippen LogP) is 2.34. The Labute approximate surface area is 108 Å². The highest BCUT2D eigenvalue weighted by Gasteiger charge is 2.00. The minimum Gasteiger partial charge on any atom is -0.392 e. The zero-order chi connectivity index (χ0) is 12.1. The second kappa shape index (κ2) is 5.75. The molecule has 4 nitrogen and oxygen atoms in total. The molecule has 0 aliphatic rings. The first-order chi connectivity index (χ1) is 8.29. The molecule has 0 saturated heterocycles. The molecule has 0 saturated carbocycles. The van der Waals surface area contributed by atoms with Gasteiger partial charge in [-0.2, -0.15) is 0 Å². The number of nitrogens with one attached hydrogen (secondary N) is 1. The summed E-state index contributed by atoms with van der Waals surface area (Å²) >= 11 is 3.37. The molecule has 0 radical (unpaired) electrons. The average molecular weight is 294 g/mol. The van der Waals surface area contributed by atoms with Crippen molar-refractivity contribution >= 4 is 21.7 Å². The van der Waals surface area contributed by atoms with Crippen LogP contribution >= 0.6 is 15.9 Å². The van der Waals surface area contributed by atoms with E-state index >= 15 is 0 Å². The fraction of sp³-hybridized carbons (Fsp3) is 0.167. The Kier molecular flexibility index (Phi) is 4.06. The summed E-state index contributed by atoms with van der Waals surface area (Å²) in [6.45, 7) is 0.717. The minimum absolute atomic E-state index is 0.0606. The number of hydrogen-bond donors (Lipinski definition) is 2. The highest BCUT2D eigenvalue weighted by atomic mass is 79.9. The first-order valence-electron chi connectivity index (χ1n) is 5.17. The van der Waals surface area contributed by atoms with Crippen LogP contribution in [-0.4, -0.2) is 15.1 Å². The first-order valence-corrected chi connectivity index (χ1v) is 5.97. The monoisotopic (exact) mass is 293 g/mol. The van der Waals surface area contributed by atoms with E-state index in [-0.39, 0.29) is 6.61 Å². The van der Waals surface area contributed by atoms with Crippen LogP contribution in [0.2, 0.25) is 0 Å². The Hall–Kier alpha value is -1.46. The number of aliphatic hydroxyl groups is 1. The number of aromatic nitrogens is 2. The van der Waals surface area contributed by atoms with Crippen LogP contribution in [0.1, 0.15) is 11.1 Å². The van der Waals surface area contributed by atoms with E-state index < -0.39 is 0 Å². The van der Waals surface area contributed by atoms with Gasteiger partial charge in [0.15, 0.2) is 0 Å². The van der Waals surface area contributed by atoms with Crippen LogP contribution in [-0.2, 0) is 13.2 Å². The maximum Gasteiger partial charge on any atom is 0.144 e. The number of rotatable bonds is 4. The van der Waals surface area contributed by atoms with Gasteiger partial charge in [0.05, 0.1) is 11.1 Å². The van der Waals surface area contributed by atoms with Crippen molar-refractivity contribution in [3.8, 4) is 0 Å². The molecule has 0 spiro atoms. The molecular formula is C12H12BrN3O. The maximum atomic E-state index is 9.04. The van der Waals surface area contributed by atoms with E-state index in [2.05, 4.69) is 31.2 Å². The summed E-state index contributed by atoms with van der Waals surface area (Å²) in [6.07, 6.45) is 3.19. The summed E-state index contributed by atoms with van der Waals surface area (Å²) < 4.78 is 0.832. The second-order valence-corrected chi connectivity index (χ2v) is 4.41. The third-order valence-corrected chi connectivity index (χ3v) is 2.88. The van der Waals surface area contributed by atoms with Crippen LogP contribution in [0.4, 0.5) is 5.82 Å². The SMILES string of the molecule is OCc1cccc(CNc2ncncc2Br)c1. The van der Waals surface area contributed by atoms with Crippen molar-refractivity contribution < 1.29 is 5.11 Å². The summed E-state index contributed by atoms with van der Waals surface area (Å²) in [5.41, 5.74) is 2.01. The lowest BCUT2D eigenvalue weighted by Crippen LogP contribution is -2.02. The maximum absolute atomic E-state index is 9.04. The number of anilines is 1. The van der Waals surface area contributed by atoms with E-state index in [0.29, 0.717) is 6.54 Å². The van der Waals surface area contributed by atoms with E-state index in [4.69, 9.17) is 5.11 Å². The van der Waals surface area contributed by atoms with Crippen molar-refractivity contribution in [3.63, 3.8) is 0 Å². The van der Waals surface area contributed by atoms with Gasteiger partial charge in [0.1, 0.15) is 12.1 Å². The van der Waals surface area contributed by atoms with E-state index in [1.807, 2.05) is 24.3 Å². The van der Waals surface area contributed by atoms with Crippen LogP contribution in [0.5, 0.6) is 0 Å². The molecule has 0 bridgehead atoms. The molecule has 88 valence electrons. The van der Waals surface area contributed by atoms with Crippen LogP contribution in [0.25, 0.3) is 0 Å². The molecule has 5 heteroatoms. The van der Waals surface area contributed by atoms with Gasteiger partial charge in [-0.3, -0.25) is 0 Å². The van der Waals surface area contributed by atoms with Gasteiger partial charge in [0.2, 0.25) is 0 Å². The summed E-state index contributed by atoms with van der Waals surface area (Å²) in [5, 5.41) is 12.2. The molecule has 0 atom stereocenters. The van der Waals surface area contributed by atoms with Crippen LogP contribution in [0, 0.1) is 0 Å². The molecule has 1 aromatic heterocycles. The number of hydrogen-bond acceptors (Lipinski definition) is 4. The fourth-order valence-electron chi connectivity index (χ4n) is 1.47. The Morgan fingerprint density at radius 2 is 2.12 bits per heavy atom. The average Bonchev–Trinajstić information content (AvgIpc) is 2.38. The van der Waals surface area contributed by atoms with E-state index in [0.717, 1.165) is 21.4 Å². The van der Waals surface area contributed by atoms with Crippen molar-refractivity contribution in [2.45, 2.75) is 13.2 Å². The summed E-state index contributed by atoms with van der Waals surface area (Å²) in [5.74, 6) is 0.759. The first kappa shape index (κ1) is 12.0. The summed E-state index contributed by atoms with van der Waals surface area (Å²) in [6, 6.07) is 7.78. The van der Waals surface area contributed by atoms with E-state index in [1.54, 1.807) is 6.20 Å². The van der Waals surface area contributed by atoms with Crippen molar-refractivity contribution in [3.05, 3.63) is 52.4 Å². The normalized spacial score (nSPS) is 10.2. The molecular weight excluding hydrogens is 282 g/mol. The third-order valence-electron chi connectivity index (χ3n) is 2.30. The summed E-state index contributed by atoms with van der Waals surface area (Å²) in [4.78, 5) is 8.01. The highest BCUT2D eigenvalue weighted by Crippen LogP contribution is 2.18. The molecule has 2 N–H and O–H groups in total. The Morgan fingerprint density at radius 3 is 2.88 bits per heavy atom. The molecule has 17 heavy (non-hydrogen) atoms. The van der Waals surface area contributed by atoms with Gasteiger partial charge < -0.3 is 10.4 Å². The molecule has 0 amide bonds. The van der Waals surface area contributed by atoms with Gasteiger partial charge in [-0.1, -0.05) is 24.3 Å². The van der Waals surface area contributed by atoms with Gasteiger partial charge in [-0.15, -0.1) is 0 Å². The van der Waals surface area contributed by atoms with Crippen LogP contribution in [0.15, 0.2) is 41.3 Å². The van der Waals surface area contributed by atoms with Crippen molar-refractivity contribution in [1.29, 1.82) is 0 Å². The lowest BCUT2D eigenvalue weighted by molar-refractivity contribution is 0.281. The van der Waals surface area contributed by atoms with Crippen molar-refractivity contribution in [1.82, 2.24) is 9.97 Å². The van der Waals surface area contributed by atoms with Crippen molar-refractivity contribution in [2.75, 3.05) is 5.32 Å². The predicted molar refractivity (Wildman–Crippen MR) is 69.4 cm³/mol. The largest absolute Gasteiger partial charge is 0.392 e. The smallest absolute Gasteiger partial charge is 0.144 e. The quantitative estimate of drug-likeness (QED) is 0.908. The zero-order valence-corrected chi connectivity index (χ0v) is 10.7. The molecule has 0 unspecified atom stereocenters. The topological polar surface area (TPSA) is 58.0 Å². The number of benzene rings is 1. The van der Waals surface area contributed by atoms with Crippen LogP contribution < -0.4 is 5.32 Å². The lowest BCUT2D eigenvalue weighted by atomic mass is 10.1. The lowest BCUT2D eigenvalue weighted by Gasteiger charge is -2.07. The molecule has 1 heterocycles. The van der Waals surface area contributed by atoms with Gasteiger partial charge >= 0.3 is 0 Å².